The van der Waals surface area contributed by atoms with Crippen molar-refractivity contribution < 1.29 is 14.6 Å². The highest BCUT2D eigenvalue weighted by atomic mass is 16.5. The first-order chi connectivity index (χ1) is 5.72. The van der Waals surface area contributed by atoms with Crippen LogP contribution in [0.2, 0.25) is 0 Å². The Morgan fingerprint density at radius 1 is 1.67 bits per heavy atom. The first kappa shape index (κ1) is 9.48. The maximum Gasteiger partial charge on any atom is 0.246 e. The van der Waals surface area contributed by atoms with Crippen molar-refractivity contribution in [1.82, 2.24) is 5.32 Å². The zero-order chi connectivity index (χ0) is 9.03. The number of carbonyl (C=O) groups excluding carboxylic acids is 1. The molecule has 1 saturated carbocycles. The molecule has 0 aromatic carbocycles. The van der Waals surface area contributed by atoms with Crippen molar-refractivity contribution in [3.63, 3.8) is 0 Å². The molecule has 1 amide bonds. The summed E-state index contributed by atoms with van der Waals surface area (Å²) >= 11 is 0. The molecule has 1 aliphatic rings. The van der Waals surface area contributed by atoms with Gasteiger partial charge in [-0.2, -0.15) is 0 Å². The Balaban J connectivity index is 2.32. The van der Waals surface area contributed by atoms with Crippen LogP contribution >= 0.6 is 0 Å². The number of ether oxygens (including phenoxy) is 1. The van der Waals surface area contributed by atoms with Crippen LogP contribution in [-0.2, 0) is 9.53 Å². The number of aliphatic hydroxyl groups excluding tert-OH is 1. The first-order valence-corrected chi connectivity index (χ1v) is 4.13. The van der Waals surface area contributed by atoms with Gasteiger partial charge in [0.05, 0.1) is 12.1 Å². The van der Waals surface area contributed by atoms with E-state index in [1.807, 2.05) is 0 Å². The van der Waals surface area contributed by atoms with Gasteiger partial charge in [-0.15, -0.1) is 0 Å². The molecule has 0 atom stereocenters. The maximum atomic E-state index is 11.1. The predicted molar refractivity (Wildman–Crippen MR) is 43.7 cm³/mol. The Morgan fingerprint density at radius 2 is 2.33 bits per heavy atom. The van der Waals surface area contributed by atoms with Crippen molar-refractivity contribution in [2.45, 2.75) is 24.8 Å². The lowest BCUT2D eigenvalue weighted by Gasteiger charge is -2.40. The van der Waals surface area contributed by atoms with E-state index < -0.39 is 0 Å². The van der Waals surface area contributed by atoms with Gasteiger partial charge in [-0.05, 0) is 19.3 Å². The van der Waals surface area contributed by atoms with Crippen LogP contribution in [0.15, 0.2) is 0 Å². The molecule has 12 heavy (non-hydrogen) atoms. The lowest BCUT2D eigenvalue weighted by atomic mass is 9.77. The molecule has 4 heteroatoms. The highest BCUT2D eigenvalue weighted by Crippen LogP contribution is 2.30. The Hall–Kier alpha value is -0.610. The van der Waals surface area contributed by atoms with E-state index in [1.54, 1.807) is 0 Å². The van der Waals surface area contributed by atoms with Crippen LogP contribution in [-0.4, -0.2) is 36.9 Å². The molecule has 0 heterocycles. The third-order valence-electron chi connectivity index (χ3n) is 2.29. The van der Waals surface area contributed by atoms with E-state index >= 15 is 0 Å². The van der Waals surface area contributed by atoms with Gasteiger partial charge in [-0.1, -0.05) is 0 Å². The summed E-state index contributed by atoms with van der Waals surface area (Å²) in [6, 6.07) is 0. The minimum Gasteiger partial charge on any atom is -0.394 e. The normalized spacial score (nSPS) is 19.8. The molecule has 0 bridgehead atoms. The lowest BCUT2D eigenvalue weighted by molar-refractivity contribution is -0.128. The average Bonchev–Trinajstić information content (AvgIpc) is 1.97. The minimum atomic E-state index is -0.338. The van der Waals surface area contributed by atoms with Crippen LogP contribution < -0.4 is 5.32 Å². The van der Waals surface area contributed by atoms with E-state index in [4.69, 9.17) is 5.11 Å². The molecule has 0 aliphatic heterocycles. The number of carbonyl (C=O) groups is 1. The van der Waals surface area contributed by atoms with Crippen molar-refractivity contribution in [1.29, 1.82) is 0 Å². The van der Waals surface area contributed by atoms with Crippen molar-refractivity contribution in [2.24, 2.45) is 0 Å². The van der Waals surface area contributed by atoms with Gasteiger partial charge in [-0.25, -0.2) is 0 Å². The molecule has 0 aromatic heterocycles. The van der Waals surface area contributed by atoms with Gasteiger partial charge in [0, 0.05) is 7.11 Å². The summed E-state index contributed by atoms with van der Waals surface area (Å²) < 4.78 is 4.67. The number of hydrogen-bond acceptors (Lipinski definition) is 3. The van der Waals surface area contributed by atoms with Crippen LogP contribution in [0.25, 0.3) is 0 Å². The molecule has 1 fully saturated rings. The summed E-state index contributed by atoms with van der Waals surface area (Å²) in [5, 5.41) is 11.8. The van der Waals surface area contributed by atoms with E-state index in [-0.39, 0.29) is 24.7 Å². The number of methoxy groups -OCH3 is 1. The molecule has 0 spiro atoms. The van der Waals surface area contributed by atoms with Crippen LogP contribution in [0.4, 0.5) is 0 Å². The van der Waals surface area contributed by atoms with Gasteiger partial charge in [0.15, 0.2) is 0 Å². The molecule has 70 valence electrons. The first-order valence-electron chi connectivity index (χ1n) is 4.13. The van der Waals surface area contributed by atoms with E-state index in [1.165, 1.54) is 7.11 Å². The van der Waals surface area contributed by atoms with E-state index in [0.717, 1.165) is 19.3 Å². The van der Waals surface area contributed by atoms with Crippen molar-refractivity contribution in [3.8, 4) is 0 Å². The molecule has 2 N–H and O–H groups in total. The van der Waals surface area contributed by atoms with Crippen LogP contribution in [0.5, 0.6) is 0 Å². The summed E-state index contributed by atoms with van der Waals surface area (Å²) in [5.41, 5.74) is -0.338. The third kappa shape index (κ3) is 1.95. The third-order valence-corrected chi connectivity index (χ3v) is 2.29. The SMILES string of the molecule is COCC(=O)NC1(CO)CCC1. The van der Waals surface area contributed by atoms with Crippen molar-refractivity contribution in [3.05, 3.63) is 0 Å². The minimum absolute atomic E-state index is 0.0302. The Labute approximate surface area is 71.9 Å². The fourth-order valence-corrected chi connectivity index (χ4v) is 1.39. The van der Waals surface area contributed by atoms with Gasteiger partial charge in [0.2, 0.25) is 5.91 Å². The van der Waals surface area contributed by atoms with Gasteiger partial charge in [0.25, 0.3) is 0 Å². The summed E-state index contributed by atoms with van der Waals surface area (Å²) in [4.78, 5) is 11.1. The summed E-state index contributed by atoms with van der Waals surface area (Å²) in [6.45, 7) is 0.101. The van der Waals surface area contributed by atoms with Gasteiger partial charge >= 0.3 is 0 Å². The predicted octanol–water partition coefficient (Wildman–Crippen LogP) is -0.336. The molecule has 0 aromatic rings. The largest absolute Gasteiger partial charge is 0.394 e. The lowest BCUT2D eigenvalue weighted by Crippen LogP contribution is -2.56. The Morgan fingerprint density at radius 3 is 2.67 bits per heavy atom. The molecule has 1 rings (SSSR count). The molecule has 4 nitrogen and oxygen atoms in total. The molecular weight excluding hydrogens is 158 g/mol. The Kier molecular flexibility index (Phi) is 3.05. The number of hydrogen-bond donors (Lipinski definition) is 2. The summed E-state index contributed by atoms with van der Waals surface area (Å²) in [6.07, 6.45) is 2.83. The topological polar surface area (TPSA) is 58.6 Å². The number of rotatable bonds is 4. The number of aliphatic hydroxyl groups is 1. The highest BCUT2D eigenvalue weighted by Gasteiger charge is 2.37. The summed E-state index contributed by atoms with van der Waals surface area (Å²) in [7, 11) is 1.48. The van der Waals surface area contributed by atoms with Crippen LogP contribution in [0.3, 0.4) is 0 Å². The maximum absolute atomic E-state index is 11.1. The fourth-order valence-electron chi connectivity index (χ4n) is 1.39. The fraction of sp³-hybridized carbons (Fsp3) is 0.875. The standard InChI is InChI=1S/C8H15NO3/c1-12-5-7(11)9-8(6-10)3-2-4-8/h10H,2-6H2,1H3,(H,9,11). The molecular formula is C8H15NO3. The van der Waals surface area contributed by atoms with Gasteiger partial charge in [0.1, 0.15) is 6.61 Å². The number of nitrogens with one attached hydrogen (secondary N) is 1. The molecule has 1 aliphatic carbocycles. The van der Waals surface area contributed by atoms with Gasteiger partial charge < -0.3 is 15.2 Å². The van der Waals surface area contributed by atoms with Crippen molar-refractivity contribution in [2.75, 3.05) is 20.3 Å². The molecule has 0 unspecified atom stereocenters. The Bertz CT molecular complexity index is 160. The average molecular weight is 173 g/mol. The van der Waals surface area contributed by atoms with E-state index in [9.17, 15) is 4.79 Å². The zero-order valence-corrected chi connectivity index (χ0v) is 7.30. The van der Waals surface area contributed by atoms with E-state index in [2.05, 4.69) is 10.1 Å². The molecule has 0 radical (unpaired) electrons. The number of amides is 1. The van der Waals surface area contributed by atoms with Crippen molar-refractivity contribution >= 4 is 5.91 Å². The van der Waals surface area contributed by atoms with Crippen LogP contribution in [0, 0.1) is 0 Å². The second kappa shape index (κ2) is 3.87. The summed E-state index contributed by atoms with van der Waals surface area (Å²) in [5.74, 6) is -0.147. The monoisotopic (exact) mass is 173 g/mol. The highest BCUT2D eigenvalue weighted by molar-refractivity contribution is 5.78. The zero-order valence-electron chi connectivity index (χ0n) is 7.30. The second-order valence-corrected chi connectivity index (χ2v) is 3.27. The quantitative estimate of drug-likeness (QED) is 0.611. The second-order valence-electron chi connectivity index (χ2n) is 3.27. The van der Waals surface area contributed by atoms with Gasteiger partial charge in [-0.3, -0.25) is 4.79 Å². The van der Waals surface area contributed by atoms with E-state index in [0.29, 0.717) is 0 Å². The van der Waals surface area contributed by atoms with Crippen LogP contribution in [0.1, 0.15) is 19.3 Å². The smallest absolute Gasteiger partial charge is 0.246 e. The molecule has 0 saturated heterocycles.